The van der Waals surface area contributed by atoms with Gasteiger partial charge < -0.3 is 15.2 Å². The first-order valence-corrected chi connectivity index (χ1v) is 6.74. The van der Waals surface area contributed by atoms with E-state index in [9.17, 15) is 4.79 Å². The third-order valence-electron chi connectivity index (χ3n) is 2.74. The average Bonchev–Trinajstić information content (AvgIpc) is 2.93. The molecule has 106 valence electrons. The van der Waals surface area contributed by atoms with Gasteiger partial charge in [-0.1, -0.05) is 28.9 Å². The normalized spacial score (nSPS) is 10.5. The molecule has 0 saturated heterocycles. The summed E-state index contributed by atoms with van der Waals surface area (Å²) in [6.07, 6.45) is 0.859. The second-order valence-corrected chi connectivity index (χ2v) is 4.74. The molecule has 1 heterocycles. The molecule has 1 amide bonds. The summed E-state index contributed by atoms with van der Waals surface area (Å²) >= 11 is 5.92. The van der Waals surface area contributed by atoms with Crippen LogP contribution in [-0.4, -0.2) is 31.2 Å². The highest BCUT2D eigenvalue weighted by molar-refractivity contribution is 6.30. The van der Waals surface area contributed by atoms with E-state index in [0.717, 1.165) is 18.5 Å². The quantitative estimate of drug-likeness (QED) is 0.802. The summed E-state index contributed by atoms with van der Waals surface area (Å²) in [5.41, 5.74) is 1.41. The number of aromatic nitrogens is 1. The summed E-state index contributed by atoms with van der Waals surface area (Å²) in [7, 11) is 1.87. The molecule has 0 unspecified atom stereocenters. The van der Waals surface area contributed by atoms with Gasteiger partial charge in [-0.05, 0) is 32.1 Å². The Kier molecular flexibility index (Phi) is 5.15. The summed E-state index contributed by atoms with van der Waals surface area (Å²) < 4.78 is 5.06. The van der Waals surface area contributed by atoms with Crippen molar-refractivity contribution < 1.29 is 9.32 Å². The van der Waals surface area contributed by atoms with Gasteiger partial charge in [-0.15, -0.1) is 0 Å². The number of halogens is 1. The van der Waals surface area contributed by atoms with Crippen molar-refractivity contribution in [3.05, 3.63) is 41.1 Å². The largest absolute Gasteiger partial charge is 0.350 e. The van der Waals surface area contributed by atoms with E-state index in [1.165, 1.54) is 0 Å². The second kappa shape index (κ2) is 7.07. The zero-order valence-electron chi connectivity index (χ0n) is 11.1. The van der Waals surface area contributed by atoms with E-state index in [-0.39, 0.29) is 11.7 Å². The van der Waals surface area contributed by atoms with Crippen LogP contribution in [0, 0.1) is 0 Å². The van der Waals surface area contributed by atoms with Crippen molar-refractivity contribution in [2.45, 2.75) is 6.42 Å². The molecule has 6 heteroatoms. The second-order valence-electron chi connectivity index (χ2n) is 4.30. The average molecular weight is 294 g/mol. The highest BCUT2D eigenvalue weighted by atomic mass is 35.5. The van der Waals surface area contributed by atoms with Gasteiger partial charge in [0.05, 0.1) is 0 Å². The molecule has 1 aromatic heterocycles. The maximum absolute atomic E-state index is 11.8. The van der Waals surface area contributed by atoms with Crippen LogP contribution < -0.4 is 10.6 Å². The minimum Gasteiger partial charge on any atom is -0.350 e. The molecule has 0 saturated carbocycles. The van der Waals surface area contributed by atoms with Crippen LogP contribution in [0.1, 0.15) is 17.0 Å². The fourth-order valence-corrected chi connectivity index (χ4v) is 1.91. The zero-order chi connectivity index (χ0) is 14.4. The number of carbonyl (C=O) groups excluding carboxylic acids is 1. The lowest BCUT2D eigenvalue weighted by molar-refractivity contribution is 0.0916. The van der Waals surface area contributed by atoms with Crippen LogP contribution in [0.25, 0.3) is 11.3 Å². The van der Waals surface area contributed by atoms with E-state index in [1.807, 2.05) is 19.2 Å². The van der Waals surface area contributed by atoms with Gasteiger partial charge in [0.15, 0.2) is 0 Å². The summed E-state index contributed by atoms with van der Waals surface area (Å²) in [5, 5.41) is 10.3. The summed E-state index contributed by atoms with van der Waals surface area (Å²) in [6.45, 7) is 1.44. The van der Waals surface area contributed by atoms with E-state index < -0.39 is 0 Å². The topological polar surface area (TPSA) is 67.2 Å². The lowest BCUT2D eigenvalue weighted by atomic mass is 10.1. The Bertz CT molecular complexity index is 583. The molecule has 2 N–H and O–H groups in total. The molecule has 0 spiro atoms. The van der Waals surface area contributed by atoms with Gasteiger partial charge in [0, 0.05) is 23.2 Å². The molecule has 0 bridgehead atoms. The predicted octanol–water partition coefficient (Wildman–Crippen LogP) is 2.33. The van der Waals surface area contributed by atoms with E-state index in [1.54, 1.807) is 18.2 Å². The summed E-state index contributed by atoms with van der Waals surface area (Å²) in [6, 6.07) is 8.84. The fourth-order valence-electron chi connectivity index (χ4n) is 1.72. The number of carbonyl (C=O) groups is 1. The molecule has 0 aliphatic rings. The van der Waals surface area contributed by atoms with Gasteiger partial charge >= 0.3 is 0 Å². The van der Waals surface area contributed by atoms with E-state index in [4.69, 9.17) is 16.1 Å². The van der Waals surface area contributed by atoms with Gasteiger partial charge in [-0.2, -0.15) is 0 Å². The highest BCUT2D eigenvalue weighted by Gasteiger charge is 2.13. The predicted molar refractivity (Wildman–Crippen MR) is 77.8 cm³/mol. The number of rotatable bonds is 6. The lowest BCUT2D eigenvalue weighted by Crippen LogP contribution is -2.26. The van der Waals surface area contributed by atoms with Crippen LogP contribution in [0.3, 0.4) is 0 Å². The lowest BCUT2D eigenvalue weighted by Gasteiger charge is -2.01. The van der Waals surface area contributed by atoms with Gasteiger partial charge in [-0.25, -0.2) is 0 Å². The third kappa shape index (κ3) is 3.82. The Balaban J connectivity index is 2.00. The molecule has 0 fully saturated rings. The van der Waals surface area contributed by atoms with Gasteiger partial charge in [0.25, 0.3) is 5.91 Å². The molecule has 5 nitrogen and oxygen atoms in total. The van der Waals surface area contributed by atoms with Crippen molar-refractivity contribution in [1.82, 2.24) is 15.8 Å². The molecule has 20 heavy (non-hydrogen) atoms. The van der Waals surface area contributed by atoms with Crippen LogP contribution in [0.15, 0.2) is 34.9 Å². The Labute approximate surface area is 122 Å². The number of nitrogens with zero attached hydrogens (tertiary/aromatic N) is 1. The molecule has 0 radical (unpaired) electrons. The molecular weight excluding hydrogens is 278 g/mol. The molecule has 1 aromatic carbocycles. The Morgan fingerprint density at radius 3 is 2.95 bits per heavy atom. The molecular formula is C14H16ClN3O2. The van der Waals surface area contributed by atoms with E-state index >= 15 is 0 Å². The van der Waals surface area contributed by atoms with Gasteiger partial charge in [0.2, 0.25) is 5.76 Å². The van der Waals surface area contributed by atoms with Crippen molar-refractivity contribution in [2.24, 2.45) is 0 Å². The summed E-state index contributed by atoms with van der Waals surface area (Å²) in [5.74, 6) is -0.0636. The van der Waals surface area contributed by atoms with Gasteiger partial charge in [-0.3, -0.25) is 4.79 Å². The fraction of sp³-hybridized carbons (Fsp3) is 0.286. The van der Waals surface area contributed by atoms with Gasteiger partial charge in [0.1, 0.15) is 5.69 Å². The highest BCUT2D eigenvalue weighted by Crippen LogP contribution is 2.22. The molecule has 2 aromatic rings. The van der Waals surface area contributed by atoms with Crippen molar-refractivity contribution in [1.29, 1.82) is 0 Å². The SMILES string of the molecule is CNCCCNC(=O)c1cc(-c2cccc(Cl)c2)no1. The molecule has 0 aliphatic carbocycles. The minimum absolute atomic E-state index is 0.199. The van der Waals surface area contributed by atoms with Crippen molar-refractivity contribution in [2.75, 3.05) is 20.1 Å². The minimum atomic E-state index is -0.262. The standard InChI is InChI=1S/C14H16ClN3O2/c1-16-6-3-7-17-14(19)13-9-12(18-20-13)10-4-2-5-11(15)8-10/h2,4-5,8-9,16H,3,6-7H2,1H3,(H,17,19). The molecule has 2 rings (SSSR count). The Morgan fingerprint density at radius 2 is 2.20 bits per heavy atom. The Hall–Kier alpha value is -1.85. The smallest absolute Gasteiger partial charge is 0.289 e. The van der Waals surface area contributed by atoms with Crippen molar-refractivity contribution >= 4 is 17.5 Å². The maximum atomic E-state index is 11.8. The van der Waals surface area contributed by atoms with Crippen LogP contribution in [-0.2, 0) is 0 Å². The monoisotopic (exact) mass is 293 g/mol. The van der Waals surface area contributed by atoms with Crippen LogP contribution in [0.5, 0.6) is 0 Å². The van der Waals surface area contributed by atoms with Crippen LogP contribution >= 0.6 is 11.6 Å². The number of benzene rings is 1. The number of hydrogen-bond donors (Lipinski definition) is 2. The van der Waals surface area contributed by atoms with Crippen LogP contribution in [0.2, 0.25) is 5.02 Å². The third-order valence-corrected chi connectivity index (χ3v) is 2.98. The number of hydrogen-bond acceptors (Lipinski definition) is 4. The first kappa shape index (κ1) is 14.6. The van der Waals surface area contributed by atoms with Crippen molar-refractivity contribution in [3.8, 4) is 11.3 Å². The number of nitrogens with one attached hydrogen (secondary N) is 2. The summed E-state index contributed by atoms with van der Waals surface area (Å²) in [4.78, 5) is 11.8. The van der Waals surface area contributed by atoms with Crippen molar-refractivity contribution in [3.63, 3.8) is 0 Å². The number of amides is 1. The van der Waals surface area contributed by atoms with Crippen LogP contribution in [0.4, 0.5) is 0 Å². The van der Waals surface area contributed by atoms with E-state index in [2.05, 4.69) is 15.8 Å². The van der Waals surface area contributed by atoms with E-state index in [0.29, 0.717) is 17.3 Å². The first-order chi connectivity index (χ1) is 9.70. The molecule has 0 aliphatic heterocycles. The Morgan fingerprint density at radius 1 is 1.35 bits per heavy atom. The first-order valence-electron chi connectivity index (χ1n) is 6.36. The molecule has 0 atom stereocenters. The maximum Gasteiger partial charge on any atom is 0.289 e. The zero-order valence-corrected chi connectivity index (χ0v) is 11.9.